The molecule has 2 heteroatoms. The third kappa shape index (κ3) is 2.15. The van der Waals surface area contributed by atoms with Gasteiger partial charge in [-0.05, 0) is 36.3 Å². The minimum atomic E-state index is 0.361. The van der Waals surface area contributed by atoms with Crippen LogP contribution in [0.5, 0.6) is 5.75 Å². The molecule has 1 aliphatic rings. The third-order valence-electron chi connectivity index (χ3n) is 3.35. The standard InChI is InChI=1S/C13H18OS/c1-2-15-10-13(7-4-8-13)11-5-3-6-12(14)9-11/h3,5-6,9,14H,2,4,7-8,10H2,1H3. The van der Waals surface area contributed by atoms with Crippen LogP contribution in [0, 0.1) is 0 Å². The molecule has 1 saturated carbocycles. The molecular formula is C13H18OS. The van der Waals surface area contributed by atoms with Crippen LogP contribution in [0.25, 0.3) is 0 Å². The summed E-state index contributed by atoms with van der Waals surface area (Å²) in [6, 6.07) is 7.81. The summed E-state index contributed by atoms with van der Waals surface area (Å²) in [5.41, 5.74) is 1.69. The van der Waals surface area contributed by atoms with Crippen LogP contribution in [-0.4, -0.2) is 16.6 Å². The summed E-state index contributed by atoms with van der Waals surface area (Å²) in [5, 5.41) is 9.51. The molecular weight excluding hydrogens is 204 g/mol. The zero-order valence-electron chi connectivity index (χ0n) is 9.20. The van der Waals surface area contributed by atoms with E-state index < -0.39 is 0 Å². The molecule has 2 rings (SSSR count). The van der Waals surface area contributed by atoms with Crippen LogP contribution < -0.4 is 0 Å². The molecule has 1 aromatic carbocycles. The van der Waals surface area contributed by atoms with Crippen molar-refractivity contribution in [3.05, 3.63) is 29.8 Å². The lowest BCUT2D eigenvalue weighted by molar-refractivity contribution is 0.278. The van der Waals surface area contributed by atoms with Crippen LogP contribution in [0.1, 0.15) is 31.7 Å². The maximum atomic E-state index is 9.51. The Labute approximate surface area is 95.9 Å². The van der Waals surface area contributed by atoms with Gasteiger partial charge in [-0.15, -0.1) is 0 Å². The Hall–Kier alpha value is -0.630. The fourth-order valence-corrected chi connectivity index (χ4v) is 3.30. The second-order valence-corrected chi connectivity index (χ2v) is 5.60. The summed E-state index contributed by atoms with van der Waals surface area (Å²) in [7, 11) is 0. The monoisotopic (exact) mass is 222 g/mol. The van der Waals surface area contributed by atoms with Gasteiger partial charge in [-0.3, -0.25) is 0 Å². The largest absolute Gasteiger partial charge is 0.508 e. The molecule has 1 nitrogen and oxygen atoms in total. The molecule has 0 spiro atoms. The number of benzene rings is 1. The van der Waals surface area contributed by atoms with Gasteiger partial charge in [0.1, 0.15) is 5.75 Å². The molecule has 1 aromatic rings. The van der Waals surface area contributed by atoms with Gasteiger partial charge in [0.15, 0.2) is 0 Å². The summed E-state index contributed by atoms with van der Waals surface area (Å²) in [4.78, 5) is 0. The normalized spacial score (nSPS) is 18.5. The highest BCUT2D eigenvalue weighted by atomic mass is 32.2. The lowest BCUT2D eigenvalue weighted by Crippen LogP contribution is -2.36. The number of aromatic hydroxyl groups is 1. The van der Waals surface area contributed by atoms with E-state index in [1.54, 1.807) is 6.07 Å². The highest BCUT2D eigenvalue weighted by molar-refractivity contribution is 7.99. The Bertz CT molecular complexity index is 331. The van der Waals surface area contributed by atoms with E-state index in [9.17, 15) is 5.11 Å². The van der Waals surface area contributed by atoms with E-state index in [-0.39, 0.29) is 0 Å². The van der Waals surface area contributed by atoms with Crippen molar-refractivity contribution in [3.63, 3.8) is 0 Å². The minimum absolute atomic E-state index is 0.361. The van der Waals surface area contributed by atoms with Crippen molar-refractivity contribution in [2.75, 3.05) is 11.5 Å². The smallest absolute Gasteiger partial charge is 0.115 e. The van der Waals surface area contributed by atoms with Crippen molar-refractivity contribution >= 4 is 11.8 Å². The average Bonchev–Trinajstić information content (AvgIpc) is 2.16. The van der Waals surface area contributed by atoms with E-state index in [1.807, 2.05) is 23.9 Å². The van der Waals surface area contributed by atoms with E-state index in [4.69, 9.17) is 0 Å². The Kier molecular flexibility index (Phi) is 3.25. The van der Waals surface area contributed by atoms with E-state index >= 15 is 0 Å². The molecule has 82 valence electrons. The maximum Gasteiger partial charge on any atom is 0.115 e. The summed E-state index contributed by atoms with van der Waals surface area (Å²) in [5.74, 6) is 2.79. The molecule has 0 saturated heterocycles. The van der Waals surface area contributed by atoms with E-state index in [2.05, 4.69) is 13.0 Å². The van der Waals surface area contributed by atoms with Gasteiger partial charge in [0.25, 0.3) is 0 Å². The Morgan fingerprint density at radius 2 is 2.20 bits per heavy atom. The van der Waals surface area contributed by atoms with Crippen molar-refractivity contribution in [2.24, 2.45) is 0 Å². The van der Waals surface area contributed by atoms with Crippen molar-refractivity contribution in [1.29, 1.82) is 0 Å². The first kappa shape index (κ1) is 10.9. The first-order chi connectivity index (χ1) is 7.27. The topological polar surface area (TPSA) is 20.2 Å². The number of hydrogen-bond acceptors (Lipinski definition) is 2. The van der Waals surface area contributed by atoms with Crippen molar-refractivity contribution in [2.45, 2.75) is 31.6 Å². The van der Waals surface area contributed by atoms with Gasteiger partial charge in [-0.2, -0.15) is 11.8 Å². The van der Waals surface area contributed by atoms with E-state index in [0.717, 1.165) is 0 Å². The molecule has 0 bridgehead atoms. The molecule has 1 fully saturated rings. The quantitative estimate of drug-likeness (QED) is 0.840. The van der Waals surface area contributed by atoms with E-state index in [1.165, 1.54) is 36.3 Å². The lowest BCUT2D eigenvalue weighted by Gasteiger charge is -2.42. The van der Waals surface area contributed by atoms with Gasteiger partial charge >= 0.3 is 0 Å². The maximum absolute atomic E-state index is 9.51. The predicted octanol–water partition coefficient (Wildman–Crippen LogP) is 3.57. The number of phenols is 1. The highest BCUT2D eigenvalue weighted by Gasteiger charge is 2.38. The molecule has 1 aliphatic carbocycles. The molecule has 15 heavy (non-hydrogen) atoms. The number of phenolic OH excluding ortho intramolecular Hbond substituents is 1. The lowest BCUT2D eigenvalue weighted by atomic mass is 9.66. The Morgan fingerprint density at radius 3 is 2.73 bits per heavy atom. The van der Waals surface area contributed by atoms with Gasteiger partial charge in [-0.25, -0.2) is 0 Å². The molecule has 0 unspecified atom stereocenters. The first-order valence-electron chi connectivity index (χ1n) is 5.64. The molecule has 0 aliphatic heterocycles. The second kappa shape index (κ2) is 4.48. The van der Waals surface area contributed by atoms with Gasteiger partial charge in [-0.1, -0.05) is 25.5 Å². The van der Waals surface area contributed by atoms with Crippen molar-refractivity contribution in [1.82, 2.24) is 0 Å². The summed E-state index contributed by atoms with van der Waals surface area (Å²) >= 11 is 2.01. The molecule has 1 N–H and O–H groups in total. The minimum Gasteiger partial charge on any atom is -0.508 e. The SMILES string of the molecule is CCSCC1(c2cccc(O)c2)CCC1. The first-order valence-corrected chi connectivity index (χ1v) is 6.79. The van der Waals surface area contributed by atoms with Gasteiger partial charge < -0.3 is 5.11 Å². The Morgan fingerprint density at radius 1 is 1.40 bits per heavy atom. The van der Waals surface area contributed by atoms with Crippen molar-refractivity contribution < 1.29 is 5.11 Å². The molecule has 0 amide bonds. The Balaban J connectivity index is 2.18. The molecule has 0 heterocycles. The number of hydrogen-bond donors (Lipinski definition) is 1. The summed E-state index contributed by atoms with van der Waals surface area (Å²) in [6.07, 6.45) is 3.90. The van der Waals surface area contributed by atoms with Crippen LogP contribution in [0.4, 0.5) is 0 Å². The third-order valence-corrected chi connectivity index (χ3v) is 4.52. The van der Waals surface area contributed by atoms with Crippen LogP contribution in [-0.2, 0) is 5.41 Å². The van der Waals surface area contributed by atoms with Gasteiger partial charge in [0.2, 0.25) is 0 Å². The van der Waals surface area contributed by atoms with Crippen LogP contribution >= 0.6 is 11.8 Å². The summed E-state index contributed by atoms with van der Waals surface area (Å²) < 4.78 is 0. The average molecular weight is 222 g/mol. The zero-order valence-corrected chi connectivity index (χ0v) is 10.0. The second-order valence-electron chi connectivity index (χ2n) is 4.32. The van der Waals surface area contributed by atoms with E-state index in [0.29, 0.717) is 11.2 Å². The van der Waals surface area contributed by atoms with Gasteiger partial charge in [0, 0.05) is 11.2 Å². The molecule has 0 atom stereocenters. The fourth-order valence-electron chi connectivity index (χ4n) is 2.25. The summed E-state index contributed by atoms with van der Waals surface area (Å²) in [6.45, 7) is 2.21. The van der Waals surface area contributed by atoms with Crippen LogP contribution in [0.3, 0.4) is 0 Å². The molecule has 0 aromatic heterocycles. The van der Waals surface area contributed by atoms with Crippen LogP contribution in [0.15, 0.2) is 24.3 Å². The zero-order chi connectivity index (χ0) is 10.7. The number of thioether (sulfide) groups is 1. The molecule has 0 radical (unpaired) electrons. The highest BCUT2D eigenvalue weighted by Crippen LogP contribution is 2.46. The van der Waals surface area contributed by atoms with Crippen molar-refractivity contribution in [3.8, 4) is 5.75 Å². The van der Waals surface area contributed by atoms with Gasteiger partial charge in [0.05, 0.1) is 0 Å². The number of rotatable bonds is 4. The fraction of sp³-hybridized carbons (Fsp3) is 0.538. The predicted molar refractivity (Wildman–Crippen MR) is 66.6 cm³/mol. The van der Waals surface area contributed by atoms with Crippen LogP contribution in [0.2, 0.25) is 0 Å².